The Morgan fingerprint density at radius 1 is 0.900 bits per heavy atom. The average molecular weight is 267 g/mol. The molecule has 0 spiro atoms. The van der Waals surface area contributed by atoms with Crippen molar-refractivity contribution in [2.75, 3.05) is 7.05 Å². The first-order valence-corrected chi connectivity index (χ1v) is 4.36. The Labute approximate surface area is 77.9 Å². The van der Waals surface area contributed by atoms with Crippen LogP contribution in [-0.2, 0) is 0 Å². The van der Waals surface area contributed by atoms with E-state index in [1.807, 2.05) is 24.3 Å². The van der Waals surface area contributed by atoms with E-state index in [1.54, 1.807) is 0 Å². The van der Waals surface area contributed by atoms with Crippen molar-refractivity contribution in [2.24, 2.45) is 5.73 Å². The van der Waals surface area contributed by atoms with Gasteiger partial charge in [0.2, 0.25) is 0 Å². The fourth-order valence-electron chi connectivity index (χ4n) is 0.430. The van der Waals surface area contributed by atoms with Gasteiger partial charge in [0.05, 0.1) is 0 Å². The van der Waals surface area contributed by atoms with Gasteiger partial charge in [-0.1, -0.05) is 31.9 Å². The summed E-state index contributed by atoms with van der Waals surface area (Å²) >= 11 is 6.65. The highest BCUT2D eigenvalue weighted by molar-refractivity contribution is 9.11. The Kier molecular flexibility index (Phi) is 5.97. The number of rotatable bonds is 0. The molecule has 0 aliphatic carbocycles. The maximum atomic E-state index is 4.50. The largest absolute Gasteiger partial charge is 0.333 e. The molecule has 0 fully saturated rings. The van der Waals surface area contributed by atoms with Crippen molar-refractivity contribution in [2.45, 2.75) is 0 Å². The van der Waals surface area contributed by atoms with Gasteiger partial charge in [-0.2, -0.15) is 0 Å². The molecule has 1 aromatic carbocycles. The van der Waals surface area contributed by atoms with Crippen molar-refractivity contribution in [3.05, 3.63) is 33.2 Å². The zero-order chi connectivity index (χ0) is 7.98. The quantitative estimate of drug-likeness (QED) is 0.768. The number of hydrogen-bond acceptors (Lipinski definition) is 1. The molecule has 2 N–H and O–H groups in total. The predicted octanol–water partition coefficient (Wildman–Crippen LogP) is 2.79. The fraction of sp³-hybridized carbons (Fsp3) is 0.143. The molecular weight excluding hydrogens is 258 g/mol. The Hall–Kier alpha value is 0.140. The fourth-order valence-corrected chi connectivity index (χ4v) is 0.958. The van der Waals surface area contributed by atoms with E-state index in [1.165, 1.54) is 7.05 Å². The predicted molar refractivity (Wildman–Crippen MR) is 52.0 cm³/mol. The van der Waals surface area contributed by atoms with E-state index in [4.69, 9.17) is 0 Å². The Bertz CT molecular complexity index is 150. The number of halogens is 2. The van der Waals surface area contributed by atoms with Gasteiger partial charge in [0.15, 0.2) is 0 Å². The van der Waals surface area contributed by atoms with Crippen molar-refractivity contribution in [3.63, 3.8) is 0 Å². The maximum Gasteiger partial charge on any atom is 0.0176 e. The second-order valence-electron chi connectivity index (χ2n) is 1.44. The second-order valence-corrected chi connectivity index (χ2v) is 3.27. The van der Waals surface area contributed by atoms with Crippen LogP contribution < -0.4 is 5.73 Å². The molecule has 1 rings (SSSR count). The molecular formula is C7H9Br2N. The highest BCUT2D eigenvalue weighted by Crippen LogP contribution is 2.13. The van der Waals surface area contributed by atoms with Gasteiger partial charge >= 0.3 is 0 Å². The van der Waals surface area contributed by atoms with Crippen molar-refractivity contribution < 1.29 is 0 Å². The summed E-state index contributed by atoms with van der Waals surface area (Å²) in [5, 5.41) is 0. The first kappa shape index (κ1) is 10.1. The molecule has 0 aliphatic rings. The van der Waals surface area contributed by atoms with Gasteiger partial charge in [-0.3, -0.25) is 0 Å². The van der Waals surface area contributed by atoms with Crippen LogP contribution in [0.3, 0.4) is 0 Å². The highest BCUT2D eigenvalue weighted by atomic mass is 79.9. The first-order chi connectivity index (χ1) is 4.79. The Morgan fingerprint density at radius 2 is 1.10 bits per heavy atom. The number of nitrogens with two attached hydrogens (primary N) is 1. The summed E-state index contributed by atoms with van der Waals surface area (Å²) in [5.41, 5.74) is 4.50. The van der Waals surface area contributed by atoms with E-state index in [2.05, 4.69) is 37.6 Å². The van der Waals surface area contributed by atoms with Gasteiger partial charge in [-0.05, 0) is 31.3 Å². The van der Waals surface area contributed by atoms with Crippen molar-refractivity contribution in [1.82, 2.24) is 0 Å². The molecule has 0 aliphatic heterocycles. The van der Waals surface area contributed by atoms with Crippen LogP contribution in [0.4, 0.5) is 0 Å². The lowest BCUT2D eigenvalue weighted by Gasteiger charge is -1.86. The molecule has 0 amide bonds. The van der Waals surface area contributed by atoms with Gasteiger partial charge < -0.3 is 5.73 Å². The highest BCUT2D eigenvalue weighted by Gasteiger charge is 1.83. The zero-order valence-electron chi connectivity index (χ0n) is 5.64. The summed E-state index contributed by atoms with van der Waals surface area (Å²) < 4.78 is 2.22. The molecule has 0 saturated heterocycles. The van der Waals surface area contributed by atoms with Gasteiger partial charge in [0.25, 0.3) is 0 Å². The average Bonchev–Trinajstić information content (AvgIpc) is 2.00. The minimum atomic E-state index is 1.11. The van der Waals surface area contributed by atoms with Crippen molar-refractivity contribution in [1.29, 1.82) is 0 Å². The monoisotopic (exact) mass is 265 g/mol. The lowest BCUT2D eigenvalue weighted by atomic mass is 10.4. The van der Waals surface area contributed by atoms with Crippen molar-refractivity contribution in [3.8, 4) is 0 Å². The lowest BCUT2D eigenvalue weighted by molar-refractivity contribution is 1.48. The van der Waals surface area contributed by atoms with Crippen LogP contribution in [0.1, 0.15) is 0 Å². The zero-order valence-corrected chi connectivity index (χ0v) is 8.81. The maximum absolute atomic E-state index is 4.50. The van der Waals surface area contributed by atoms with E-state index in [9.17, 15) is 0 Å². The number of hydrogen-bond donors (Lipinski definition) is 1. The molecule has 0 aromatic heterocycles. The molecule has 0 heterocycles. The van der Waals surface area contributed by atoms with Gasteiger partial charge in [0, 0.05) is 8.95 Å². The molecule has 10 heavy (non-hydrogen) atoms. The molecule has 0 saturated carbocycles. The van der Waals surface area contributed by atoms with Crippen LogP contribution in [0.25, 0.3) is 0 Å². The summed E-state index contributed by atoms with van der Waals surface area (Å²) in [7, 11) is 1.50. The van der Waals surface area contributed by atoms with Crippen LogP contribution in [-0.4, -0.2) is 7.05 Å². The van der Waals surface area contributed by atoms with Gasteiger partial charge in [-0.25, -0.2) is 0 Å². The molecule has 1 aromatic rings. The number of benzene rings is 1. The van der Waals surface area contributed by atoms with Crippen molar-refractivity contribution >= 4 is 31.9 Å². The molecule has 1 nitrogen and oxygen atoms in total. The van der Waals surface area contributed by atoms with Crippen LogP contribution in [0.2, 0.25) is 0 Å². The molecule has 0 atom stereocenters. The summed E-state index contributed by atoms with van der Waals surface area (Å²) in [6, 6.07) is 7.96. The summed E-state index contributed by atoms with van der Waals surface area (Å²) in [6.07, 6.45) is 0. The Balaban J connectivity index is 0.000000371. The summed E-state index contributed by atoms with van der Waals surface area (Å²) in [5.74, 6) is 0. The van der Waals surface area contributed by atoms with E-state index < -0.39 is 0 Å². The van der Waals surface area contributed by atoms with Gasteiger partial charge in [0.1, 0.15) is 0 Å². The molecule has 0 bridgehead atoms. The van der Waals surface area contributed by atoms with Crippen LogP contribution in [0.15, 0.2) is 33.2 Å². The molecule has 0 radical (unpaired) electrons. The second kappa shape index (κ2) is 5.89. The normalized spacial score (nSPS) is 8.00. The SMILES string of the molecule is Brc1ccc(Br)cc1.CN. The van der Waals surface area contributed by atoms with E-state index >= 15 is 0 Å². The van der Waals surface area contributed by atoms with E-state index in [-0.39, 0.29) is 0 Å². The smallest absolute Gasteiger partial charge is 0.0176 e. The minimum Gasteiger partial charge on any atom is -0.333 e. The topological polar surface area (TPSA) is 26.0 Å². The third-order valence-electron chi connectivity index (χ3n) is 0.804. The van der Waals surface area contributed by atoms with E-state index in [0.29, 0.717) is 0 Å². The lowest BCUT2D eigenvalue weighted by Crippen LogP contribution is -1.69. The van der Waals surface area contributed by atoms with Crippen LogP contribution in [0, 0.1) is 0 Å². The third kappa shape index (κ3) is 4.04. The summed E-state index contributed by atoms with van der Waals surface area (Å²) in [4.78, 5) is 0. The molecule has 3 heteroatoms. The van der Waals surface area contributed by atoms with Crippen LogP contribution >= 0.6 is 31.9 Å². The molecule has 0 unspecified atom stereocenters. The standard InChI is InChI=1S/C6H4Br2.CH5N/c7-5-1-2-6(8)4-3-5;1-2/h1-4H;2H2,1H3. The third-order valence-corrected chi connectivity index (χ3v) is 1.86. The van der Waals surface area contributed by atoms with Crippen LogP contribution in [0.5, 0.6) is 0 Å². The van der Waals surface area contributed by atoms with E-state index in [0.717, 1.165) is 8.95 Å². The van der Waals surface area contributed by atoms with Gasteiger partial charge in [-0.15, -0.1) is 0 Å². The minimum absolute atomic E-state index is 1.11. The summed E-state index contributed by atoms with van der Waals surface area (Å²) in [6.45, 7) is 0. The first-order valence-electron chi connectivity index (χ1n) is 2.78. The molecule has 56 valence electrons. The Morgan fingerprint density at radius 3 is 1.30 bits per heavy atom.